The third-order valence-electron chi connectivity index (χ3n) is 2.07. The van der Waals surface area contributed by atoms with E-state index in [2.05, 4.69) is 20.2 Å². The van der Waals surface area contributed by atoms with Crippen LogP contribution in [-0.4, -0.2) is 20.2 Å². The zero-order valence-electron chi connectivity index (χ0n) is 8.37. The molecule has 0 saturated carbocycles. The Hall–Kier alpha value is -1.24. The number of nitrogens with zero attached hydrogens (tertiary/aromatic N) is 4. The Morgan fingerprint density at radius 3 is 2.88 bits per heavy atom. The van der Waals surface area contributed by atoms with Gasteiger partial charge in [-0.15, -0.1) is 10.2 Å². The lowest BCUT2D eigenvalue weighted by Gasteiger charge is -2.02. The van der Waals surface area contributed by atoms with E-state index < -0.39 is 0 Å². The second-order valence-electron chi connectivity index (χ2n) is 3.12. The van der Waals surface area contributed by atoms with E-state index in [1.807, 2.05) is 24.3 Å². The number of aromatic nitrogens is 4. The lowest BCUT2D eigenvalue weighted by Crippen LogP contribution is -1.88. The predicted octanol–water partition coefficient (Wildman–Crippen LogP) is 3.29. The first-order valence-electron chi connectivity index (χ1n) is 4.69. The van der Waals surface area contributed by atoms with Crippen molar-refractivity contribution in [3.63, 3.8) is 0 Å². The highest BCUT2D eigenvalue weighted by Crippen LogP contribution is 2.32. The minimum Gasteiger partial charge on any atom is -0.218 e. The molecule has 0 unspecified atom stereocenters. The maximum absolute atomic E-state index is 5.90. The Morgan fingerprint density at radius 1 is 1.18 bits per heavy atom. The lowest BCUT2D eigenvalue weighted by atomic mass is 10.2. The van der Waals surface area contributed by atoms with Gasteiger partial charge in [-0.1, -0.05) is 29.5 Å². The van der Waals surface area contributed by atoms with Gasteiger partial charge in [0.2, 0.25) is 5.28 Å². The molecule has 0 N–H and O–H groups in total. The summed E-state index contributed by atoms with van der Waals surface area (Å²) in [5, 5.41) is 9.79. The standard InChI is InChI=1S/C10H5ClN4S2/c11-9-13-7-4-2-1-3-6(7)8(14-9)17-10-15-12-5-16-10/h1-5H. The number of halogens is 1. The number of para-hydroxylation sites is 1. The second-order valence-corrected chi connectivity index (χ2v) is 5.53. The van der Waals surface area contributed by atoms with Crippen LogP contribution in [0, 0.1) is 0 Å². The van der Waals surface area contributed by atoms with Crippen LogP contribution in [0.1, 0.15) is 0 Å². The summed E-state index contributed by atoms with van der Waals surface area (Å²) in [6.07, 6.45) is 0. The molecule has 0 bridgehead atoms. The van der Waals surface area contributed by atoms with Gasteiger partial charge in [0, 0.05) is 5.39 Å². The van der Waals surface area contributed by atoms with Crippen molar-refractivity contribution in [1.82, 2.24) is 20.2 Å². The Labute approximate surface area is 110 Å². The molecule has 3 rings (SSSR count). The van der Waals surface area contributed by atoms with Crippen molar-refractivity contribution < 1.29 is 0 Å². The largest absolute Gasteiger partial charge is 0.224 e. The minimum atomic E-state index is 0.246. The molecule has 3 aromatic rings. The van der Waals surface area contributed by atoms with Crippen LogP contribution in [0.3, 0.4) is 0 Å². The van der Waals surface area contributed by atoms with E-state index >= 15 is 0 Å². The number of fused-ring (bicyclic) bond motifs is 1. The fourth-order valence-electron chi connectivity index (χ4n) is 1.39. The summed E-state index contributed by atoms with van der Waals surface area (Å²) in [7, 11) is 0. The highest BCUT2D eigenvalue weighted by atomic mass is 35.5. The number of benzene rings is 1. The lowest BCUT2D eigenvalue weighted by molar-refractivity contribution is 1.01. The van der Waals surface area contributed by atoms with E-state index in [-0.39, 0.29) is 5.28 Å². The van der Waals surface area contributed by atoms with Crippen LogP contribution in [-0.2, 0) is 0 Å². The van der Waals surface area contributed by atoms with Crippen molar-refractivity contribution in [2.75, 3.05) is 0 Å². The molecule has 0 radical (unpaired) electrons. The Balaban J connectivity index is 2.14. The summed E-state index contributed by atoms with van der Waals surface area (Å²) in [5.74, 6) is 0. The molecular formula is C10H5ClN4S2. The van der Waals surface area contributed by atoms with Crippen LogP contribution < -0.4 is 0 Å². The fourth-order valence-corrected chi connectivity index (χ4v) is 3.12. The molecule has 0 aliphatic heterocycles. The summed E-state index contributed by atoms with van der Waals surface area (Å²) in [5.41, 5.74) is 2.52. The van der Waals surface area contributed by atoms with Crippen molar-refractivity contribution >= 4 is 45.6 Å². The van der Waals surface area contributed by atoms with Gasteiger partial charge in [-0.05, 0) is 29.4 Å². The summed E-state index contributed by atoms with van der Waals surface area (Å²) < 4.78 is 0.838. The quantitative estimate of drug-likeness (QED) is 0.532. The van der Waals surface area contributed by atoms with Gasteiger partial charge < -0.3 is 0 Å². The van der Waals surface area contributed by atoms with Gasteiger partial charge in [0.25, 0.3) is 0 Å². The van der Waals surface area contributed by atoms with E-state index in [1.54, 1.807) is 5.51 Å². The first kappa shape index (κ1) is 10.9. The maximum Gasteiger partial charge on any atom is 0.224 e. The molecule has 7 heteroatoms. The first-order valence-corrected chi connectivity index (χ1v) is 6.76. The Kier molecular flexibility index (Phi) is 2.92. The average molecular weight is 281 g/mol. The summed E-state index contributed by atoms with van der Waals surface area (Å²) in [6.45, 7) is 0. The molecule has 4 nitrogen and oxygen atoms in total. The Bertz CT molecular complexity index is 656. The van der Waals surface area contributed by atoms with Gasteiger partial charge in [-0.3, -0.25) is 0 Å². The van der Waals surface area contributed by atoms with Gasteiger partial charge >= 0.3 is 0 Å². The predicted molar refractivity (Wildman–Crippen MR) is 68.6 cm³/mol. The minimum absolute atomic E-state index is 0.246. The molecule has 0 spiro atoms. The van der Waals surface area contributed by atoms with E-state index in [0.717, 1.165) is 20.3 Å². The molecule has 0 aliphatic rings. The molecular weight excluding hydrogens is 276 g/mol. The van der Waals surface area contributed by atoms with Crippen LogP contribution >= 0.6 is 34.7 Å². The van der Waals surface area contributed by atoms with Crippen LogP contribution in [0.2, 0.25) is 5.28 Å². The molecule has 2 heterocycles. The van der Waals surface area contributed by atoms with E-state index in [4.69, 9.17) is 11.6 Å². The molecule has 84 valence electrons. The highest BCUT2D eigenvalue weighted by molar-refractivity contribution is 8.01. The SMILES string of the molecule is Clc1nc(Sc2nncs2)c2ccccc2n1. The third-order valence-corrected chi connectivity index (χ3v) is 4.02. The molecule has 0 aliphatic carbocycles. The highest BCUT2D eigenvalue weighted by Gasteiger charge is 2.09. The third kappa shape index (κ3) is 2.24. The summed E-state index contributed by atoms with van der Waals surface area (Å²) in [4.78, 5) is 8.41. The number of hydrogen-bond donors (Lipinski definition) is 0. The van der Waals surface area contributed by atoms with Crippen LogP contribution in [0.5, 0.6) is 0 Å². The number of rotatable bonds is 2. The average Bonchev–Trinajstić information content (AvgIpc) is 2.81. The first-order chi connectivity index (χ1) is 8.33. The van der Waals surface area contributed by atoms with Crippen molar-refractivity contribution in [1.29, 1.82) is 0 Å². The molecule has 1 aromatic carbocycles. The van der Waals surface area contributed by atoms with Crippen molar-refractivity contribution in [3.05, 3.63) is 35.1 Å². The smallest absolute Gasteiger partial charge is 0.218 e. The van der Waals surface area contributed by atoms with Crippen molar-refractivity contribution in [3.8, 4) is 0 Å². The van der Waals surface area contributed by atoms with Gasteiger partial charge in [0.15, 0.2) is 4.34 Å². The molecule has 0 saturated heterocycles. The van der Waals surface area contributed by atoms with Crippen molar-refractivity contribution in [2.24, 2.45) is 0 Å². The summed E-state index contributed by atoms with van der Waals surface area (Å²) in [6, 6.07) is 7.75. The molecule has 17 heavy (non-hydrogen) atoms. The molecule has 0 atom stereocenters. The Morgan fingerprint density at radius 2 is 2.06 bits per heavy atom. The molecule has 0 fully saturated rings. The van der Waals surface area contributed by atoms with E-state index in [0.29, 0.717) is 0 Å². The van der Waals surface area contributed by atoms with Gasteiger partial charge in [-0.25, -0.2) is 9.97 Å². The van der Waals surface area contributed by atoms with Crippen molar-refractivity contribution in [2.45, 2.75) is 9.37 Å². The topological polar surface area (TPSA) is 51.6 Å². The zero-order chi connectivity index (χ0) is 11.7. The van der Waals surface area contributed by atoms with Crippen LogP contribution in [0.15, 0.2) is 39.1 Å². The van der Waals surface area contributed by atoms with E-state index in [1.165, 1.54) is 23.1 Å². The van der Waals surface area contributed by atoms with Crippen LogP contribution in [0.25, 0.3) is 10.9 Å². The molecule has 2 aromatic heterocycles. The maximum atomic E-state index is 5.90. The monoisotopic (exact) mass is 280 g/mol. The van der Waals surface area contributed by atoms with Gasteiger partial charge in [0.1, 0.15) is 10.5 Å². The summed E-state index contributed by atoms with van der Waals surface area (Å²) >= 11 is 8.81. The van der Waals surface area contributed by atoms with E-state index in [9.17, 15) is 0 Å². The fraction of sp³-hybridized carbons (Fsp3) is 0. The van der Waals surface area contributed by atoms with Gasteiger partial charge in [-0.2, -0.15) is 0 Å². The second kappa shape index (κ2) is 4.56. The van der Waals surface area contributed by atoms with Gasteiger partial charge in [0.05, 0.1) is 5.52 Å². The number of hydrogen-bond acceptors (Lipinski definition) is 6. The van der Waals surface area contributed by atoms with Crippen LogP contribution in [0.4, 0.5) is 0 Å². The normalized spacial score (nSPS) is 10.9. The molecule has 0 amide bonds. The zero-order valence-corrected chi connectivity index (χ0v) is 10.8.